The van der Waals surface area contributed by atoms with Gasteiger partial charge in [-0.05, 0) is 43.5 Å². The maximum atomic E-state index is 12.2. The highest BCUT2D eigenvalue weighted by atomic mass is 32.2. The van der Waals surface area contributed by atoms with Crippen molar-refractivity contribution in [3.63, 3.8) is 0 Å². The van der Waals surface area contributed by atoms with Crippen LogP contribution in [0, 0.1) is 13.8 Å². The summed E-state index contributed by atoms with van der Waals surface area (Å²) in [5.41, 5.74) is 3.57. The van der Waals surface area contributed by atoms with Gasteiger partial charge in [0.1, 0.15) is 0 Å². The first-order chi connectivity index (χ1) is 13.2. The zero-order chi connectivity index (χ0) is 20.7. The molecular weight excluding hydrogens is 378 g/mol. The number of carbonyl (C=O) groups is 2. The van der Waals surface area contributed by atoms with Crippen molar-refractivity contribution in [2.75, 3.05) is 17.7 Å². The van der Waals surface area contributed by atoms with Crippen molar-refractivity contribution in [2.24, 2.45) is 0 Å². The summed E-state index contributed by atoms with van der Waals surface area (Å²) in [6.07, 6.45) is 0.446. The predicted octanol–water partition coefficient (Wildman–Crippen LogP) is 3.21. The smallest absolute Gasteiger partial charge is 0.307 e. The SMILES string of the molecule is CCc1cccc(C)c1NC(=O)COC(=O)CCS(=O)(=O)c1ccc(C)cc1. The number of carbonyl (C=O) groups excluding carboxylic acids is 2. The highest BCUT2D eigenvalue weighted by Crippen LogP contribution is 2.21. The molecule has 1 amide bonds. The first kappa shape index (κ1) is 21.6. The number of nitrogens with one attached hydrogen (secondary N) is 1. The number of rotatable bonds is 8. The van der Waals surface area contributed by atoms with Crippen molar-refractivity contribution in [3.8, 4) is 0 Å². The summed E-state index contributed by atoms with van der Waals surface area (Å²) >= 11 is 0. The van der Waals surface area contributed by atoms with E-state index in [0.29, 0.717) is 5.69 Å². The highest BCUT2D eigenvalue weighted by Gasteiger charge is 2.18. The standard InChI is InChI=1S/C21H25NO5S/c1-4-17-7-5-6-16(3)21(17)22-19(23)14-27-20(24)12-13-28(25,26)18-10-8-15(2)9-11-18/h5-11H,4,12-14H2,1-3H3,(H,22,23). The van der Waals surface area contributed by atoms with Gasteiger partial charge in [-0.2, -0.15) is 0 Å². The van der Waals surface area contributed by atoms with Gasteiger partial charge in [-0.3, -0.25) is 9.59 Å². The van der Waals surface area contributed by atoms with E-state index >= 15 is 0 Å². The minimum atomic E-state index is -3.58. The lowest BCUT2D eigenvalue weighted by molar-refractivity contribution is -0.146. The molecule has 2 aromatic rings. The Morgan fingerprint density at radius 2 is 1.71 bits per heavy atom. The van der Waals surface area contributed by atoms with E-state index in [1.807, 2.05) is 39.0 Å². The van der Waals surface area contributed by atoms with Crippen LogP contribution in [0.15, 0.2) is 47.4 Å². The number of esters is 1. The van der Waals surface area contributed by atoms with E-state index in [4.69, 9.17) is 4.74 Å². The Balaban J connectivity index is 1.85. The highest BCUT2D eigenvalue weighted by molar-refractivity contribution is 7.91. The van der Waals surface area contributed by atoms with Gasteiger partial charge < -0.3 is 10.1 Å². The summed E-state index contributed by atoms with van der Waals surface area (Å²) in [7, 11) is -3.58. The van der Waals surface area contributed by atoms with Gasteiger partial charge in [0.05, 0.1) is 17.1 Å². The minimum Gasteiger partial charge on any atom is -0.456 e. The minimum absolute atomic E-state index is 0.162. The number of ether oxygens (including phenoxy) is 1. The topological polar surface area (TPSA) is 89.5 Å². The van der Waals surface area contributed by atoms with Crippen LogP contribution in [0.25, 0.3) is 0 Å². The number of amides is 1. The third kappa shape index (κ3) is 5.92. The molecule has 0 aliphatic rings. The fourth-order valence-electron chi connectivity index (χ4n) is 2.68. The first-order valence-corrected chi connectivity index (χ1v) is 10.7. The van der Waals surface area contributed by atoms with E-state index < -0.39 is 28.3 Å². The van der Waals surface area contributed by atoms with Gasteiger partial charge in [0, 0.05) is 5.69 Å². The van der Waals surface area contributed by atoms with E-state index in [2.05, 4.69) is 5.32 Å². The zero-order valence-electron chi connectivity index (χ0n) is 16.3. The molecule has 150 valence electrons. The lowest BCUT2D eigenvalue weighted by atomic mass is 10.1. The van der Waals surface area contributed by atoms with E-state index in [9.17, 15) is 18.0 Å². The largest absolute Gasteiger partial charge is 0.456 e. The van der Waals surface area contributed by atoms with E-state index in [1.165, 1.54) is 12.1 Å². The summed E-state index contributed by atoms with van der Waals surface area (Å²) < 4.78 is 29.4. The molecule has 0 aliphatic carbocycles. The third-order valence-electron chi connectivity index (χ3n) is 4.32. The molecule has 0 saturated carbocycles. The molecule has 0 aromatic heterocycles. The molecule has 0 spiro atoms. The van der Waals surface area contributed by atoms with Crippen LogP contribution < -0.4 is 5.32 Å². The second kappa shape index (κ2) is 9.50. The summed E-state index contributed by atoms with van der Waals surface area (Å²) in [6, 6.07) is 12.1. The van der Waals surface area contributed by atoms with Crippen LogP contribution in [-0.4, -0.2) is 32.7 Å². The molecule has 0 heterocycles. The Bertz CT molecular complexity index is 949. The number of aryl methyl sites for hydroxylation is 3. The molecule has 2 rings (SSSR count). The molecule has 0 unspecified atom stereocenters. The lowest BCUT2D eigenvalue weighted by Crippen LogP contribution is -2.23. The van der Waals surface area contributed by atoms with Crippen molar-refractivity contribution in [3.05, 3.63) is 59.2 Å². The molecular formula is C21H25NO5S. The van der Waals surface area contributed by atoms with E-state index in [0.717, 1.165) is 23.1 Å². The number of hydrogen-bond acceptors (Lipinski definition) is 5. The normalized spacial score (nSPS) is 11.1. The molecule has 7 heteroatoms. The number of benzene rings is 2. The van der Waals surface area contributed by atoms with Crippen molar-refractivity contribution >= 4 is 27.4 Å². The summed E-state index contributed by atoms with van der Waals surface area (Å²) in [4.78, 5) is 24.1. The average Bonchev–Trinajstić information content (AvgIpc) is 2.66. The second-order valence-electron chi connectivity index (χ2n) is 6.55. The van der Waals surface area contributed by atoms with Gasteiger partial charge in [0.15, 0.2) is 16.4 Å². The van der Waals surface area contributed by atoms with E-state index in [1.54, 1.807) is 12.1 Å². The zero-order valence-corrected chi connectivity index (χ0v) is 17.1. The van der Waals surface area contributed by atoms with Crippen LogP contribution in [-0.2, 0) is 30.6 Å². The van der Waals surface area contributed by atoms with Crippen LogP contribution in [0.3, 0.4) is 0 Å². The molecule has 1 N–H and O–H groups in total. The maximum absolute atomic E-state index is 12.2. The summed E-state index contributed by atoms with van der Waals surface area (Å²) in [6.45, 7) is 5.27. The summed E-state index contributed by atoms with van der Waals surface area (Å²) in [5, 5.41) is 2.75. The van der Waals surface area contributed by atoms with Crippen molar-refractivity contribution in [2.45, 2.75) is 38.5 Å². The average molecular weight is 404 g/mol. The van der Waals surface area contributed by atoms with Gasteiger partial charge in [0.25, 0.3) is 5.91 Å². The molecule has 0 bridgehead atoms. The Kier molecular flexibility index (Phi) is 7.34. The van der Waals surface area contributed by atoms with Crippen molar-refractivity contribution in [1.29, 1.82) is 0 Å². The predicted molar refractivity (Wildman–Crippen MR) is 108 cm³/mol. The lowest BCUT2D eigenvalue weighted by Gasteiger charge is -2.13. The molecule has 2 aromatic carbocycles. The molecule has 28 heavy (non-hydrogen) atoms. The first-order valence-electron chi connectivity index (χ1n) is 9.06. The fraction of sp³-hybridized carbons (Fsp3) is 0.333. The Hall–Kier alpha value is -2.67. The Morgan fingerprint density at radius 3 is 2.36 bits per heavy atom. The van der Waals surface area contributed by atoms with Crippen LogP contribution in [0.4, 0.5) is 5.69 Å². The van der Waals surface area contributed by atoms with Crippen LogP contribution in [0.5, 0.6) is 0 Å². The van der Waals surface area contributed by atoms with Gasteiger partial charge in [-0.15, -0.1) is 0 Å². The van der Waals surface area contributed by atoms with E-state index in [-0.39, 0.29) is 17.1 Å². The van der Waals surface area contributed by atoms with Gasteiger partial charge in [-0.1, -0.05) is 42.8 Å². The number of anilines is 1. The van der Waals surface area contributed by atoms with Gasteiger partial charge >= 0.3 is 5.97 Å². The fourth-order valence-corrected chi connectivity index (χ4v) is 3.90. The number of hydrogen-bond donors (Lipinski definition) is 1. The molecule has 0 fully saturated rings. The number of sulfone groups is 1. The van der Waals surface area contributed by atoms with Crippen molar-refractivity contribution < 1.29 is 22.7 Å². The third-order valence-corrected chi connectivity index (χ3v) is 6.06. The van der Waals surface area contributed by atoms with Crippen LogP contribution in [0.2, 0.25) is 0 Å². The Morgan fingerprint density at radius 1 is 1.04 bits per heavy atom. The molecule has 0 saturated heterocycles. The molecule has 6 nitrogen and oxygen atoms in total. The maximum Gasteiger partial charge on any atom is 0.307 e. The second-order valence-corrected chi connectivity index (χ2v) is 8.66. The monoisotopic (exact) mass is 403 g/mol. The molecule has 0 radical (unpaired) electrons. The number of para-hydroxylation sites is 1. The van der Waals surface area contributed by atoms with Crippen LogP contribution in [0.1, 0.15) is 30.0 Å². The van der Waals surface area contributed by atoms with Crippen LogP contribution >= 0.6 is 0 Å². The Labute approximate surface area is 165 Å². The van der Waals surface area contributed by atoms with Crippen molar-refractivity contribution in [1.82, 2.24) is 0 Å². The van der Waals surface area contributed by atoms with Gasteiger partial charge in [-0.25, -0.2) is 8.42 Å². The summed E-state index contributed by atoms with van der Waals surface area (Å²) in [5.74, 6) is -1.56. The molecule has 0 aliphatic heterocycles. The quantitative estimate of drug-likeness (QED) is 0.684. The van der Waals surface area contributed by atoms with Gasteiger partial charge in [0.2, 0.25) is 0 Å². The molecule has 0 atom stereocenters.